The molecule has 1 aliphatic heterocycles. The highest BCUT2D eigenvalue weighted by molar-refractivity contribution is 5.89. The summed E-state index contributed by atoms with van der Waals surface area (Å²) in [6.07, 6.45) is -0.556. The van der Waals surface area contributed by atoms with Crippen molar-refractivity contribution in [3.05, 3.63) is 133 Å². The molecule has 3 aromatic rings. The molecule has 0 unspecified atom stereocenters. The van der Waals surface area contributed by atoms with Crippen LogP contribution in [-0.2, 0) is 41.6 Å². The lowest BCUT2D eigenvalue weighted by atomic mass is 9.97. The molecule has 1 heterocycles. The standard InChI is InChI=1S/C33H36O7/c1-3-20-35-24-28-29(40-32(34)27-18-12-7-13-19-27)30(37-22-25-14-8-5-9-15-25)31(33(39-28)36-21-4-2)38-23-26-16-10-6-11-17-26/h3-19,28-31,33H,1-2,20-24H2/t28-,29-,30+,31-,33+/m1/s1. The Morgan fingerprint density at radius 1 is 0.700 bits per heavy atom. The largest absolute Gasteiger partial charge is 0.453 e. The Hall–Kier alpha value is -3.59. The number of esters is 1. The van der Waals surface area contributed by atoms with Gasteiger partial charge in [-0.1, -0.05) is 91.0 Å². The smallest absolute Gasteiger partial charge is 0.338 e. The van der Waals surface area contributed by atoms with E-state index in [9.17, 15) is 4.79 Å². The van der Waals surface area contributed by atoms with Gasteiger partial charge in [-0.05, 0) is 23.3 Å². The monoisotopic (exact) mass is 544 g/mol. The van der Waals surface area contributed by atoms with Gasteiger partial charge in [-0.15, -0.1) is 13.2 Å². The van der Waals surface area contributed by atoms with Gasteiger partial charge in [-0.25, -0.2) is 4.79 Å². The van der Waals surface area contributed by atoms with Crippen LogP contribution >= 0.6 is 0 Å². The predicted octanol–water partition coefficient (Wildman–Crippen LogP) is 5.51. The van der Waals surface area contributed by atoms with Crippen LogP contribution in [0, 0.1) is 0 Å². The molecule has 210 valence electrons. The van der Waals surface area contributed by atoms with Crippen molar-refractivity contribution in [1.82, 2.24) is 0 Å². The molecule has 1 saturated heterocycles. The minimum Gasteiger partial charge on any atom is -0.453 e. The lowest BCUT2D eigenvalue weighted by molar-refractivity contribution is -0.317. The first-order valence-electron chi connectivity index (χ1n) is 13.3. The van der Waals surface area contributed by atoms with Crippen molar-refractivity contribution in [3.8, 4) is 0 Å². The molecular weight excluding hydrogens is 508 g/mol. The fourth-order valence-electron chi connectivity index (χ4n) is 4.38. The van der Waals surface area contributed by atoms with Crippen LogP contribution in [0.25, 0.3) is 0 Å². The molecule has 7 nitrogen and oxygen atoms in total. The summed E-state index contributed by atoms with van der Waals surface area (Å²) < 4.78 is 37.2. The molecule has 3 aromatic carbocycles. The highest BCUT2D eigenvalue weighted by atomic mass is 16.7. The van der Waals surface area contributed by atoms with Gasteiger partial charge < -0.3 is 28.4 Å². The minimum atomic E-state index is -0.856. The van der Waals surface area contributed by atoms with E-state index in [1.807, 2.05) is 66.7 Å². The maximum atomic E-state index is 13.3. The Morgan fingerprint density at radius 3 is 1.82 bits per heavy atom. The van der Waals surface area contributed by atoms with Crippen LogP contribution < -0.4 is 0 Å². The van der Waals surface area contributed by atoms with E-state index in [-0.39, 0.29) is 26.4 Å². The summed E-state index contributed by atoms with van der Waals surface area (Å²) in [5.74, 6) is -0.497. The van der Waals surface area contributed by atoms with E-state index in [2.05, 4.69) is 13.2 Å². The Kier molecular flexibility index (Phi) is 11.7. The zero-order valence-corrected chi connectivity index (χ0v) is 22.5. The lowest BCUT2D eigenvalue weighted by Crippen LogP contribution is -2.62. The van der Waals surface area contributed by atoms with Crippen LogP contribution in [0.4, 0.5) is 0 Å². The zero-order valence-electron chi connectivity index (χ0n) is 22.5. The second kappa shape index (κ2) is 15.9. The van der Waals surface area contributed by atoms with Gasteiger partial charge in [0.05, 0.1) is 38.6 Å². The number of carbonyl (C=O) groups excluding carboxylic acids is 1. The minimum absolute atomic E-state index is 0.128. The molecule has 7 heteroatoms. The van der Waals surface area contributed by atoms with Gasteiger partial charge in [0.1, 0.15) is 18.3 Å². The van der Waals surface area contributed by atoms with Gasteiger partial charge in [0.15, 0.2) is 12.4 Å². The first kappa shape index (κ1) is 29.4. The number of hydrogen-bond donors (Lipinski definition) is 0. The fraction of sp³-hybridized carbons (Fsp3) is 0.303. The van der Waals surface area contributed by atoms with E-state index in [1.54, 1.807) is 36.4 Å². The van der Waals surface area contributed by atoms with Gasteiger partial charge in [0.25, 0.3) is 0 Å². The molecule has 0 N–H and O–H groups in total. The maximum Gasteiger partial charge on any atom is 0.338 e. The third kappa shape index (κ3) is 8.45. The zero-order chi connectivity index (χ0) is 28.0. The molecule has 1 aliphatic rings. The molecule has 0 bridgehead atoms. The van der Waals surface area contributed by atoms with Crippen molar-refractivity contribution in [2.75, 3.05) is 19.8 Å². The molecule has 0 aliphatic carbocycles. The van der Waals surface area contributed by atoms with Gasteiger partial charge in [0.2, 0.25) is 0 Å². The molecule has 0 amide bonds. The summed E-state index contributed by atoms with van der Waals surface area (Å²) in [6, 6.07) is 28.4. The molecule has 0 aromatic heterocycles. The average molecular weight is 545 g/mol. The Balaban J connectivity index is 1.66. The van der Waals surface area contributed by atoms with E-state index in [0.29, 0.717) is 12.2 Å². The average Bonchev–Trinajstić information content (AvgIpc) is 3.00. The first-order chi connectivity index (χ1) is 19.7. The van der Waals surface area contributed by atoms with E-state index in [1.165, 1.54) is 0 Å². The quantitative estimate of drug-likeness (QED) is 0.142. The molecule has 0 saturated carbocycles. The highest BCUT2D eigenvalue weighted by Gasteiger charge is 2.50. The van der Waals surface area contributed by atoms with Crippen molar-refractivity contribution >= 4 is 5.97 Å². The highest BCUT2D eigenvalue weighted by Crippen LogP contribution is 2.31. The molecule has 5 atom stereocenters. The van der Waals surface area contributed by atoms with Crippen molar-refractivity contribution < 1.29 is 33.2 Å². The topological polar surface area (TPSA) is 72.5 Å². The third-order valence-corrected chi connectivity index (χ3v) is 6.31. The number of hydrogen-bond acceptors (Lipinski definition) is 7. The lowest BCUT2D eigenvalue weighted by Gasteiger charge is -2.45. The van der Waals surface area contributed by atoms with Crippen LogP contribution in [-0.4, -0.2) is 56.5 Å². The van der Waals surface area contributed by atoms with Gasteiger partial charge in [-0.3, -0.25) is 0 Å². The van der Waals surface area contributed by atoms with Gasteiger partial charge in [0, 0.05) is 0 Å². The van der Waals surface area contributed by atoms with E-state index in [4.69, 9.17) is 28.4 Å². The van der Waals surface area contributed by atoms with Crippen molar-refractivity contribution in [2.45, 2.75) is 43.9 Å². The number of ether oxygens (including phenoxy) is 6. The van der Waals surface area contributed by atoms with E-state index < -0.39 is 36.7 Å². The van der Waals surface area contributed by atoms with Crippen LogP contribution in [0.1, 0.15) is 21.5 Å². The normalized spacial score (nSPS) is 22.4. The Morgan fingerprint density at radius 2 is 1.25 bits per heavy atom. The molecular formula is C33H36O7. The summed E-state index contributed by atoms with van der Waals surface area (Å²) in [4.78, 5) is 13.3. The van der Waals surface area contributed by atoms with E-state index >= 15 is 0 Å². The fourth-order valence-corrected chi connectivity index (χ4v) is 4.38. The van der Waals surface area contributed by atoms with Crippen molar-refractivity contribution in [3.63, 3.8) is 0 Å². The summed E-state index contributed by atoms with van der Waals surface area (Å²) in [5, 5.41) is 0. The van der Waals surface area contributed by atoms with Crippen LogP contribution in [0.2, 0.25) is 0 Å². The summed E-state index contributed by atoms with van der Waals surface area (Å²) in [6.45, 7) is 8.70. The maximum absolute atomic E-state index is 13.3. The summed E-state index contributed by atoms with van der Waals surface area (Å²) >= 11 is 0. The number of rotatable bonds is 15. The summed E-state index contributed by atoms with van der Waals surface area (Å²) in [7, 11) is 0. The second-order valence-electron chi connectivity index (χ2n) is 9.25. The van der Waals surface area contributed by atoms with Crippen LogP contribution in [0.15, 0.2) is 116 Å². The van der Waals surface area contributed by atoms with Gasteiger partial charge >= 0.3 is 5.97 Å². The summed E-state index contributed by atoms with van der Waals surface area (Å²) in [5.41, 5.74) is 2.36. The van der Waals surface area contributed by atoms with Crippen LogP contribution in [0.5, 0.6) is 0 Å². The van der Waals surface area contributed by atoms with Crippen molar-refractivity contribution in [1.29, 1.82) is 0 Å². The Bertz CT molecular complexity index is 1170. The SMILES string of the molecule is C=CCOC[C@H]1O[C@H](OCC=C)[C@H](OCc2ccccc2)[C@@H](OCc2ccccc2)[C@@H]1OC(=O)c1ccccc1. The third-order valence-electron chi connectivity index (χ3n) is 6.31. The molecule has 1 fully saturated rings. The van der Waals surface area contributed by atoms with Crippen molar-refractivity contribution in [2.24, 2.45) is 0 Å². The van der Waals surface area contributed by atoms with E-state index in [0.717, 1.165) is 11.1 Å². The number of carbonyl (C=O) groups is 1. The predicted molar refractivity (Wildman–Crippen MR) is 152 cm³/mol. The van der Waals surface area contributed by atoms with Gasteiger partial charge in [-0.2, -0.15) is 0 Å². The molecule has 0 radical (unpaired) electrons. The first-order valence-corrected chi connectivity index (χ1v) is 13.3. The molecule has 40 heavy (non-hydrogen) atoms. The molecule has 4 rings (SSSR count). The second-order valence-corrected chi connectivity index (χ2v) is 9.25. The number of benzene rings is 3. The van der Waals surface area contributed by atoms with Crippen LogP contribution in [0.3, 0.4) is 0 Å². The molecule has 0 spiro atoms. The Labute approximate surface area is 235 Å².